The summed E-state index contributed by atoms with van der Waals surface area (Å²) in [4.78, 5) is 30.6. The van der Waals surface area contributed by atoms with E-state index in [2.05, 4.69) is 39.8 Å². The van der Waals surface area contributed by atoms with Crippen molar-refractivity contribution in [3.8, 4) is 11.3 Å². The predicted molar refractivity (Wildman–Crippen MR) is 156 cm³/mol. The van der Waals surface area contributed by atoms with Gasteiger partial charge in [0.1, 0.15) is 11.5 Å². The number of fused-ring (bicyclic) bond motifs is 1. The van der Waals surface area contributed by atoms with E-state index in [9.17, 15) is 9.59 Å². The average molecular weight is 559 g/mol. The van der Waals surface area contributed by atoms with Gasteiger partial charge in [-0.15, -0.1) is 11.3 Å². The highest BCUT2D eigenvalue weighted by atomic mass is 32.1. The molecule has 0 aliphatic heterocycles. The number of carbonyl (C=O) groups is 2. The van der Waals surface area contributed by atoms with Crippen molar-refractivity contribution in [2.24, 2.45) is 0 Å². The van der Waals surface area contributed by atoms with E-state index in [4.69, 9.17) is 4.74 Å². The van der Waals surface area contributed by atoms with Crippen molar-refractivity contribution in [3.63, 3.8) is 0 Å². The van der Waals surface area contributed by atoms with Crippen molar-refractivity contribution in [2.75, 3.05) is 13.2 Å². The molecule has 5 rings (SSSR count). The number of hydrogen-bond acceptors (Lipinski definition) is 6. The molecule has 7 nitrogen and oxygen atoms in total. The van der Waals surface area contributed by atoms with Gasteiger partial charge in [-0.1, -0.05) is 18.2 Å². The molecule has 1 saturated carbocycles. The second-order valence-corrected chi connectivity index (χ2v) is 10.7. The molecule has 4 aromatic rings. The number of nitrogens with zero attached hydrogens (tertiary/aromatic N) is 3. The summed E-state index contributed by atoms with van der Waals surface area (Å²) in [5, 5.41) is 9.75. The van der Waals surface area contributed by atoms with E-state index in [1.165, 1.54) is 28.2 Å². The van der Waals surface area contributed by atoms with Crippen LogP contribution in [0.25, 0.3) is 28.6 Å². The lowest BCUT2D eigenvalue weighted by atomic mass is 10.1. The zero-order valence-corrected chi connectivity index (χ0v) is 23.6. The summed E-state index contributed by atoms with van der Waals surface area (Å²) in [7, 11) is 0. The molecule has 40 heavy (non-hydrogen) atoms. The molecular formula is C31H31FN4O3S. The molecule has 206 valence electrons. The van der Waals surface area contributed by atoms with Crippen LogP contribution in [-0.2, 0) is 16.0 Å². The molecule has 1 aromatic carbocycles. The Kier molecular flexibility index (Phi) is 8.21. The molecule has 1 aliphatic rings. The number of amides is 1. The first kappa shape index (κ1) is 27.5. The summed E-state index contributed by atoms with van der Waals surface area (Å²) in [6.45, 7) is 6.56. The third kappa shape index (κ3) is 5.89. The minimum Gasteiger partial charge on any atom is -0.463 e. The zero-order chi connectivity index (χ0) is 28.2. The summed E-state index contributed by atoms with van der Waals surface area (Å²) >= 11 is 1.69. The van der Waals surface area contributed by atoms with Crippen LogP contribution in [0.4, 0.5) is 4.39 Å². The molecule has 3 aromatic heterocycles. The summed E-state index contributed by atoms with van der Waals surface area (Å²) in [5.41, 5.74) is 5.08. The maximum atomic E-state index is 15.4. The van der Waals surface area contributed by atoms with Gasteiger partial charge in [0.05, 0.1) is 12.3 Å². The fraction of sp³-hybridized carbons (Fsp3) is 0.290. The van der Waals surface area contributed by atoms with Crippen LogP contribution in [-0.4, -0.2) is 39.6 Å². The molecule has 3 heterocycles. The molecule has 0 atom stereocenters. The SMILES string of the molecule is C/C=C(/C)c1ccsc1CCNC(=O)c1cc(C2CC2)n2nc(-c3cccc(/C=C/C(=O)OCC)c3F)cc2n1. The predicted octanol–water partition coefficient (Wildman–Crippen LogP) is 6.45. The first-order chi connectivity index (χ1) is 19.4. The van der Waals surface area contributed by atoms with E-state index >= 15 is 4.39 Å². The number of hydrogen-bond donors (Lipinski definition) is 1. The molecule has 9 heteroatoms. The van der Waals surface area contributed by atoms with E-state index < -0.39 is 11.8 Å². The number of esters is 1. The number of allylic oxidation sites excluding steroid dienone is 2. The zero-order valence-electron chi connectivity index (χ0n) is 22.7. The quantitative estimate of drug-likeness (QED) is 0.179. The van der Waals surface area contributed by atoms with Crippen LogP contribution in [0.5, 0.6) is 0 Å². The van der Waals surface area contributed by atoms with Crippen LogP contribution in [0.15, 0.2) is 53.9 Å². The highest BCUT2D eigenvalue weighted by Crippen LogP contribution is 2.40. The van der Waals surface area contributed by atoms with Gasteiger partial charge >= 0.3 is 5.97 Å². The van der Waals surface area contributed by atoms with Gasteiger partial charge in [-0.2, -0.15) is 5.10 Å². The molecule has 1 fully saturated rings. The molecular weight excluding hydrogens is 527 g/mol. The van der Waals surface area contributed by atoms with Crippen LogP contribution in [0.1, 0.15) is 71.7 Å². The molecule has 0 saturated heterocycles. The number of rotatable bonds is 10. The number of nitrogens with one attached hydrogen (secondary N) is 1. The van der Waals surface area contributed by atoms with Crippen LogP contribution in [0.3, 0.4) is 0 Å². The Labute approximate surface area is 236 Å². The van der Waals surface area contributed by atoms with E-state index in [0.717, 1.165) is 25.0 Å². The molecule has 1 aliphatic carbocycles. The van der Waals surface area contributed by atoms with Gasteiger partial charge in [-0.05, 0) is 80.8 Å². The third-order valence-electron chi connectivity index (χ3n) is 6.91. The molecule has 0 radical (unpaired) electrons. The fourth-order valence-electron chi connectivity index (χ4n) is 4.56. The van der Waals surface area contributed by atoms with Gasteiger partial charge in [0.25, 0.3) is 5.91 Å². The standard InChI is InChI=1S/C31H31FN4O3S/c1-4-19(3)22-14-16-40-27(22)13-15-33-31(38)25-17-26(20-9-10-20)36-28(34-25)18-24(35-36)23-8-6-7-21(30(23)32)11-12-29(37)39-5-2/h4,6-8,11-12,14,16-18,20H,5,9-10,13,15H2,1-3H3,(H,33,38)/b12-11+,19-4-. The van der Waals surface area contributed by atoms with Gasteiger partial charge in [0.2, 0.25) is 0 Å². The second kappa shape index (κ2) is 12.0. The molecule has 0 unspecified atom stereocenters. The van der Waals surface area contributed by atoms with Crippen LogP contribution in [0, 0.1) is 5.82 Å². The number of thiophene rings is 1. The van der Waals surface area contributed by atoms with Crippen LogP contribution < -0.4 is 5.32 Å². The monoisotopic (exact) mass is 558 g/mol. The van der Waals surface area contributed by atoms with E-state index in [0.29, 0.717) is 23.6 Å². The first-order valence-corrected chi connectivity index (χ1v) is 14.3. The topological polar surface area (TPSA) is 85.6 Å². The highest BCUT2D eigenvalue weighted by molar-refractivity contribution is 7.10. The lowest BCUT2D eigenvalue weighted by molar-refractivity contribution is -0.137. The minimum absolute atomic E-state index is 0.245. The van der Waals surface area contributed by atoms with E-state index in [-0.39, 0.29) is 29.6 Å². The molecule has 1 N–H and O–H groups in total. The van der Waals surface area contributed by atoms with Gasteiger partial charge in [-0.3, -0.25) is 4.79 Å². The number of ether oxygens (including phenoxy) is 1. The molecule has 0 bridgehead atoms. The van der Waals surface area contributed by atoms with Gasteiger partial charge in [0, 0.05) is 46.3 Å². The summed E-state index contributed by atoms with van der Waals surface area (Å²) in [6, 6.07) is 10.5. The van der Waals surface area contributed by atoms with E-state index in [1.807, 2.05) is 6.92 Å². The number of benzene rings is 1. The Hall–Kier alpha value is -4.11. The van der Waals surface area contributed by atoms with Gasteiger partial charge in [-0.25, -0.2) is 18.7 Å². The second-order valence-electron chi connectivity index (χ2n) is 9.67. The Morgan fingerprint density at radius 1 is 1.25 bits per heavy atom. The summed E-state index contributed by atoms with van der Waals surface area (Å²) in [6.07, 6.45) is 7.42. The largest absolute Gasteiger partial charge is 0.463 e. The summed E-state index contributed by atoms with van der Waals surface area (Å²) < 4.78 is 22.0. The van der Waals surface area contributed by atoms with E-state index in [1.54, 1.807) is 53.1 Å². The van der Waals surface area contributed by atoms with Gasteiger partial charge in [0.15, 0.2) is 5.65 Å². The van der Waals surface area contributed by atoms with Crippen molar-refractivity contribution in [2.45, 2.75) is 46.0 Å². The lowest BCUT2D eigenvalue weighted by Gasteiger charge is -2.09. The molecule has 1 amide bonds. The number of halogens is 1. The minimum atomic E-state index is -0.534. The summed E-state index contributed by atoms with van der Waals surface area (Å²) in [5.74, 6) is -0.998. The van der Waals surface area contributed by atoms with Crippen molar-refractivity contribution < 1.29 is 18.7 Å². The van der Waals surface area contributed by atoms with Crippen molar-refractivity contribution in [1.29, 1.82) is 0 Å². The Balaban J connectivity index is 1.39. The Morgan fingerprint density at radius 2 is 2.08 bits per heavy atom. The lowest BCUT2D eigenvalue weighted by Crippen LogP contribution is -2.27. The highest BCUT2D eigenvalue weighted by Gasteiger charge is 2.29. The van der Waals surface area contributed by atoms with Crippen molar-refractivity contribution in [3.05, 3.63) is 87.1 Å². The van der Waals surface area contributed by atoms with Crippen molar-refractivity contribution in [1.82, 2.24) is 19.9 Å². The Bertz CT molecular complexity index is 1630. The van der Waals surface area contributed by atoms with Crippen LogP contribution >= 0.6 is 11.3 Å². The Morgan fingerprint density at radius 3 is 2.83 bits per heavy atom. The average Bonchev–Trinajstić information content (AvgIpc) is 3.53. The van der Waals surface area contributed by atoms with Crippen molar-refractivity contribution >= 4 is 40.5 Å². The fourth-order valence-corrected chi connectivity index (χ4v) is 5.51. The number of aromatic nitrogens is 3. The maximum absolute atomic E-state index is 15.4. The smallest absolute Gasteiger partial charge is 0.330 e. The first-order valence-electron chi connectivity index (χ1n) is 13.4. The number of carbonyl (C=O) groups excluding carboxylic acids is 2. The molecule has 0 spiro atoms. The third-order valence-corrected chi connectivity index (χ3v) is 7.89. The van der Waals surface area contributed by atoms with Gasteiger partial charge < -0.3 is 10.1 Å². The maximum Gasteiger partial charge on any atom is 0.330 e. The van der Waals surface area contributed by atoms with Crippen LogP contribution in [0.2, 0.25) is 0 Å². The normalized spacial score (nSPS) is 13.8.